The van der Waals surface area contributed by atoms with Crippen molar-refractivity contribution < 1.29 is 23.9 Å². The third-order valence-corrected chi connectivity index (χ3v) is 4.23. The van der Waals surface area contributed by atoms with Gasteiger partial charge in [0.25, 0.3) is 0 Å². The van der Waals surface area contributed by atoms with Gasteiger partial charge in [0, 0.05) is 19.0 Å². The first-order valence-electron chi connectivity index (χ1n) is 9.43. The van der Waals surface area contributed by atoms with E-state index >= 15 is 0 Å². The van der Waals surface area contributed by atoms with Crippen molar-refractivity contribution in [1.82, 2.24) is 10.6 Å². The predicted octanol–water partition coefficient (Wildman–Crippen LogP) is 1.42. The summed E-state index contributed by atoms with van der Waals surface area (Å²) in [4.78, 5) is 48.8. The first-order chi connectivity index (χ1) is 14.4. The van der Waals surface area contributed by atoms with Crippen LogP contribution >= 0.6 is 0 Å². The number of nitrogens with one attached hydrogen (secondary N) is 3. The van der Waals surface area contributed by atoms with Crippen LogP contribution < -0.4 is 16.0 Å². The number of para-hydroxylation sites is 1. The molecule has 0 saturated carbocycles. The molecule has 0 spiro atoms. The van der Waals surface area contributed by atoms with Crippen LogP contribution in [0, 0.1) is 0 Å². The fraction of sp³-hybridized carbons (Fsp3) is 0.273. The highest BCUT2D eigenvalue weighted by Gasteiger charge is 2.28. The van der Waals surface area contributed by atoms with Crippen LogP contribution in [0.4, 0.5) is 5.69 Å². The van der Waals surface area contributed by atoms with Gasteiger partial charge in [-0.25, -0.2) is 4.79 Å². The highest BCUT2D eigenvalue weighted by molar-refractivity contribution is 5.97. The van der Waals surface area contributed by atoms with E-state index in [1.807, 2.05) is 36.4 Å². The molecule has 2 rings (SSSR count). The van der Waals surface area contributed by atoms with Crippen molar-refractivity contribution in [2.45, 2.75) is 31.8 Å². The van der Waals surface area contributed by atoms with E-state index < -0.39 is 35.8 Å². The van der Waals surface area contributed by atoms with Crippen LogP contribution in [0.3, 0.4) is 0 Å². The molecule has 158 valence electrons. The molecule has 3 N–H and O–H groups in total. The smallest absolute Gasteiger partial charge is 0.328 e. The average Bonchev–Trinajstić information content (AvgIpc) is 2.73. The number of hydrogen-bond donors (Lipinski definition) is 3. The van der Waals surface area contributed by atoms with Gasteiger partial charge in [-0.15, -0.1) is 0 Å². The number of amides is 3. The lowest BCUT2D eigenvalue weighted by Crippen LogP contribution is -2.53. The molecule has 8 nitrogen and oxygen atoms in total. The molecule has 0 aliphatic rings. The fourth-order valence-electron chi connectivity index (χ4n) is 2.83. The van der Waals surface area contributed by atoms with Crippen LogP contribution in [0.15, 0.2) is 60.7 Å². The molecule has 0 unspecified atom stereocenters. The lowest BCUT2D eigenvalue weighted by Gasteiger charge is -2.22. The first-order valence-corrected chi connectivity index (χ1v) is 9.43. The zero-order chi connectivity index (χ0) is 21.9. The topological polar surface area (TPSA) is 114 Å². The summed E-state index contributed by atoms with van der Waals surface area (Å²) in [6.07, 6.45) is -0.0816. The van der Waals surface area contributed by atoms with Gasteiger partial charge in [0.2, 0.25) is 17.7 Å². The Morgan fingerprint density at radius 3 is 2.03 bits per heavy atom. The maximum absolute atomic E-state index is 12.8. The number of benzene rings is 2. The third kappa shape index (κ3) is 7.38. The van der Waals surface area contributed by atoms with E-state index in [2.05, 4.69) is 16.0 Å². The van der Waals surface area contributed by atoms with Gasteiger partial charge < -0.3 is 20.7 Å². The molecule has 0 aliphatic carbocycles. The monoisotopic (exact) mass is 411 g/mol. The summed E-state index contributed by atoms with van der Waals surface area (Å²) in [5.41, 5.74) is 1.40. The van der Waals surface area contributed by atoms with Gasteiger partial charge in [0.05, 0.1) is 13.5 Å². The number of ether oxygens (including phenoxy) is 1. The Morgan fingerprint density at radius 2 is 1.47 bits per heavy atom. The lowest BCUT2D eigenvalue weighted by molar-refractivity contribution is -0.145. The van der Waals surface area contributed by atoms with Crippen LogP contribution in [0.2, 0.25) is 0 Å². The zero-order valence-corrected chi connectivity index (χ0v) is 16.9. The number of rotatable bonds is 9. The van der Waals surface area contributed by atoms with Crippen molar-refractivity contribution in [3.63, 3.8) is 0 Å². The van der Waals surface area contributed by atoms with Gasteiger partial charge in [-0.05, 0) is 17.7 Å². The normalized spacial score (nSPS) is 12.2. The van der Waals surface area contributed by atoms with E-state index in [9.17, 15) is 19.2 Å². The summed E-state index contributed by atoms with van der Waals surface area (Å²) in [7, 11) is 1.23. The van der Waals surface area contributed by atoms with Crippen molar-refractivity contribution in [2.75, 3.05) is 12.4 Å². The molecule has 0 saturated heterocycles. The standard InChI is InChI=1S/C22H25N3O5/c1-15(26)23-18(14-20(27)24-17-11-7-4-8-12-17)21(28)25-19(22(29)30-2)13-16-9-5-3-6-10-16/h3-12,18-19H,13-14H2,1-2H3,(H,23,26)(H,24,27)(H,25,28)/t18-,19-/m0/s1. The number of anilines is 1. The summed E-state index contributed by atoms with van der Waals surface area (Å²) in [6.45, 7) is 1.25. The molecule has 0 heterocycles. The van der Waals surface area contributed by atoms with Crippen molar-refractivity contribution in [3.05, 3.63) is 66.2 Å². The van der Waals surface area contributed by atoms with Crippen LogP contribution in [0.1, 0.15) is 18.9 Å². The Kier molecular flexibility index (Phi) is 8.56. The Bertz CT molecular complexity index is 871. The number of esters is 1. The van der Waals surface area contributed by atoms with Crippen molar-refractivity contribution in [3.8, 4) is 0 Å². The molecular weight excluding hydrogens is 386 g/mol. The van der Waals surface area contributed by atoms with Gasteiger partial charge in [-0.1, -0.05) is 48.5 Å². The second-order valence-electron chi connectivity index (χ2n) is 6.65. The Hall–Kier alpha value is -3.68. The minimum Gasteiger partial charge on any atom is -0.467 e. The maximum atomic E-state index is 12.8. The minimum absolute atomic E-state index is 0.211. The molecule has 0 radical (unpaired) electrons. The molecule has 2 aromatic carbocycles. The molecular formula is C22H25N3O5. The highest BCUT2D eigenvalue weighted by Crippen LogP contribution is 2.08. The van der Waals surface area contributed by atoms with Gasteiger partial charge in [-0.3, -0.25) is 14.4 Å². The van der Waals surface area contributed by atoms with Gasteiger partial charge >= 0.3 is 5.97 Å². The van der Waals surface area contributed by atoms with Crippen LogP contribution in [0.5, 0.6) is 0 Å². The lowest BCUT2D eigenvalue weighted by atomic mass is 10.0. The average molecular weight is 411 g/mol. The van der Waals surface area contributed by atoms with Crippen LogP contribution in [-0.2, 0) is 30.3 Å². The quantitative estimate of drug-likeness (QED) is 0.540. The SMILES string of the molecule is COC(=O)[C@H](Cc1ccccc1)NC(=O)[C@H](CC(=O)Nc1ccccc1)NC(C)=O. The van der Waals surface area contributed by atoms with E-state index in [4.69, 9.17) is 4.74 Å². The van der Waals surface area contributed by atoms with E-state index in [-0.39, 0.29) is 12.8 Å². The number of methoxy groups -OCH3 is 1. The number of carbonyl (C=O) groups is 4. The Balaban J connectivity index is 2.08. The molecule has 0 bridgehead atoms. The molecule has 0 aliphatic heterocycles. The molecule has 2 atom stereocenters. The van der Waals surface area contributed by atoms with E-state index in [1.165, 1.54) is 14.0 Å². The second kappa shape index (κ2) is 11.4. The minimum atomic E-state index is -1.14. The second-order valence-corrected chi connectivity index (χ2v) is 6.65. The molecule has 0 aromatic heterocycles. The predicted molar refractivity (Wildman–Crippen MR) is 111 cm³/mol. The van der Waals surface area contributed by atoms with Gasteiger partial charge in [0.1, 0.15) is 12.1 Å². The summed E-state index contributed by atoms with van der Waals surface area (Å²) < 4.78 is 4.79. The first kappa shape index (κ1) is 22.6. The van der Waals surface area contributed by atoms with Gasteiger partial charge in [0.15, 0.2) is 0 Å². The molecule has 3 amide bonds. The van der Waals surface area contributed by atoms with Crippen molar-refractivity contribution >= 4 is 29.4 Å². The Morgan fingerprint density at radius 1 is 0.867 bits per heavy atom. The zero-order valence-electron chi connectivity index (χ0n) is 16.9. The summed E-state index contributed by atoms with van der Waals surface area (Å²) >= 11 is 0. The Labute approximate surface area is 175 Å². The molecule has 30 heavy (non-hydrogen) atoms. The van der Waals surface area contributed by atoms with Gasteiger partial charge in [-0.2, -0.15) is 0 Å². The van der Waals surface area contributed by atoms with E-state index in [1.54, 1.807) is 24.3 Å². The highest BCUT2D eigenvalue weighted by atomic mass is 16.5. The molecule has 8 heteroatoms. The van der Waals surface area contributed by atoms with Crippen molar-refractivity contribution in [2.24, 2.45) is 0 Å². The molecule has 2 aromatic rings. The van der Waals surface area contributed by atoms with Crippen LogP contribution in [-0.4, -0.2) is 42.9 Å². The summed E-state index contributed by atoms with van der Waals surface area (Å²) in [6, 6.07) is 15.8. The third-order valence-electron chi connectivity index (χ3n) is 4.23. The number of carbonyl (C=O) groups excluding carboxylic acids is 4. The van der Waals surface area contributed by atoms with Crippen LogP contribution in [0.25, 0.3) is 0 Å². The summed E-state index contributed by atoms with van der Waals surface area (Å²) in [5.74, 6) is -2.20. The maximum Gasteiger partial charge on any atom is 0.328 e. The largest absolute Gasteiger partial charge is 0.467 e. The van der Waals surface area contributed by atoms with E-state index in [0.29, 0.717) is 5.69 Å². The molecule has 0 fully saturated rings. The number of hydrogen-bond acceptors (Lipinski definition) is 5. The fourth-order valence-corrected chi connectivity index (χ4v) is 2.83. The van der Waals surface area contributed by atoms with Crippen molar-refractivity contribution in [1.29, 1.82) is 0 Å². The van der Waals surface area contributed by atoms with E-state index in [0.717, 1.165) is 5.56 Å². The summed E-state index contributed by atoms with van der Waals surface area (Å²) in [5, 5.41) is 7.71.